The van der Waals surface area contributed by atoms with Crippen molar-refractivity contribution in [3.05, 3.63) is 71.9 Å². The monoisotopic (exact) mass is 365 g/mol. The Kier molecular flexibility index (Phi) is 4.68. The molecule has 27 heavy (non-hydrogen) atoms. The third-order valence-corrected chi connectivity index (χ3v) is 4.88. The predicted octanol–water partition coefficient (Wildman–Crippen LogP) is 2.57. The van der Waals surface area contributed by atoms with Crippen LogP contribution in [0.3, 0.4) is 0 Å². The minimum Gasteiger partial charge on any atom is -0.334 e. The maximum Gasteiger partial charge on any atom is 0.271 e. The van der Waals surface area contributed by atoms with Crippen LogP contribution in [0.15, 0.2) is 54.9 Å². The summed E-state index contributed by atoms with van der Waals surface area (Å²) < 4.78 is 13.0. The third kappa shape index (κ3) is 3.73. The van der Waals surface area contributed by atoms with Gasteiger partial charge in [-0.1, -0.05) is 6.07 Å². The molecule has 1 aliphatic rings. The molecule has 1 aliphatic heterocycles. The summed E-state index contributed by atoms with van der Waals surface area (Å²) in [5.41, 5.74) is 3.00. The van der Waals surface area contributed by atoms with Gasteiger partial charge in [-0.25, -0.2) is 4.39 Å². The normalized spacial score (nSPS) is 14.4. The maximum atomic E-state index is 13.0. The molecule has 0 unspecified atom stereocenters. The number of hydrogen-bond donors (Lipinski definition) is 1. The average molecular weight is 365 g/mol. The topological polar surface area (TPSA) is 65.1 Å². The highest BCUT2D eigenvalue weighted by Gasteiger charge is 2.34. The fraction of sp³-hybridized carbons (Fsp3) is 0.250. The van der Waals surface area contributed by atoms with Crippen LogP contribution in [-0.4, -0.2) is 57.1 Å². The summed E-state index contributed by atoms with van der Waals surface area (Å²) in [6.45, 7) is 2.17. The molecular weight excluding hydrogens is 345 g/mol. The lowest BCUT2D eigenvalue weighted by Gasteiger charge is -2.43. The number of halogens is 1. The Hall–Kier alpha value is -3.06. The second kappa shape index (κ2) is 7.28. The lowest BCUT2D eigenvalue weighted by atomic mass is 10.1. The van der Waals surface area contributed by atoms with Gasteiger partial charge in [0.25, 0.3) is 5.91 Å². The number of benzene rings is 1. The number of nitrogens with one attached hydrogen (secondary N) is 1. The number of amides is 1. The van der Waals surface area contributed by atoms with E-state index in [1.165, 1.54) is 12.1 Å². The molecule has 4 rings (SSSR count). The van der Waals surface area contributed by atoms with Crippen LogP contribution in [0.4, 0.5) is 4.39 Å². The molecule has 6 nitrogen and oxygen atoms in total. The van der Waals surface area contributed by atoms with Gasteiger partial charge in [-0.05, 0) is 49.0 Å². The second-order valence-corrected chi connectivity index (χ2v) is 6.81. The fourth-order valence-corrected chi connectivity index (χ4v) is 3.18. The number of H-pyrrole nitrogens is 1. The molecule has 0 atom stereocenters. The van der Waals surface area contributed by atoms with E-state index in [9.17, 15) is 9.18 Å². The van der Waals surface area contributed by atoms with Crippen molar-refractivity contribution in [2.24, 2.45) is 0 Å². The smallest absolute Gasteiger partial charge is 0.271 e. The summed E-state index contributed by atoms with van der Waals surface area (Å²) in [6.07, 6.45) is 3.62. The summed E-state index contributed by atoms with van der Waals surface area (Å²) in [7, 11) is 2.06. The molecule has 0 spiro atoms. The molecule has 138 valence electrons. The summed E-state index contributed by atoms with van der Waals surface area (Å²) in [4.78, 5) is 20.8. The largest absolute Gasteiger partial charge is 0.334 e. The van der Waals surface area contributed by atoms with Crippen molar-refractivity contribution in [1.29, 1.82) is 0 Å². The summed E-state index contributed by atoms with van der Waals surface area (Å²) in [6, 6.07) is 12.1. The number of likely N-dealkylation sites (tertiary alicyclic amines) is 1. The Bertz CT molecular complexity index is 919. The van der Waals surface area contributed by atoms with Crippen LogP contribution in [0.2, 0.25) is 0 Å². The molecule has 1 amide bonds. The Labute approximate surface area is 156 Å². The van der Waals surface area contributed by atoms with E-state index >= 15 is 0 Å². The van der Waals surface area contributed by atoms with Crippen molar-refractivity contribution in [1.82, 2.24) is 25.0 Å². The van der Waals surface area contributed by atoms with Crippen LogP contribution >= 0.6 is 0 Å². The lowest BCUT2D eigenvalue weighted by Crippen LogP contribution is -2.59. The zero-order chi connectivity index (χ0) is 18.8. The number of aromatic nitrogens is 3. The van der Waals surface area contributed by atoms with Crippen LogP contribution in [0.5, 0.6) is 0 Å². The van der Waals surface area contributed by atoms with E-state index in [4.69, 9.17) is 0 Å². The molecule has 3 aromatic rings. The van der Waals surface area contributed by atoms with Gasteiger partial charge in [0.2, 0.25) is 0 Å². The molecule has 1 saturated heterocycles. The van der Waals surface area contributed by atoms with E-state index < -0.39 is 0 Å². The standard InChI is InChI=1S/C20H20FN5O/c1-25(11-14-3-2-8-22-10-14)17-12-26(13-17)20(27)19-9-18(23-24-19)15-4-6-16(21)7-5-15/h2-10,17H,11-13H2,1H3,(H,23,24). The highest BCUT2D eigenvalue weighted by molar-refractivity contribution is 5.94. The zero-order valence-corrected chi connectivity index (χ0v) is 15.0. The summed E-state index contributed by atoms with van der Waals surface area (Å²) >= 11 is 0. The molecule has 2 aromatic heterocycles. The first kappa shape index (κ1) is 17.4. The molecule has 0 radical (unpaired) electrons. The minimum absolute atomic E-state index is 0.0677. The fourth-order valence-electron chi connectivity index (χ4n) is 3.18. The van der Waals surface area contributed by atoms with Gasteiger partial charge >= 0.3 is 0 Å². The van der Waals surface area contributed by atoms with Crippen molar-refractivity contribution in [2.45, 2.75) is 12.6 Å². The molecule has 7 heteroatoms. The number of hydrogen-bond acceptors (Lipinski definition) is 4. The van der Waals surface area contributed by atoms with Gasteiger partial charge in [0.15, 0.2) is 0 Å². The van der Waals surface area contributed by atoms with Crippen LogP contribution in [0.25, 0.3) is 11.3 Å². The van der Waals surface area contributed by atoms with Crippen LogP contribution in [0, 0.1) is 5.82 Å². The summed E-state index contributed by atoms with van der Waals surface area (Å²) in [5, 5.41) is 6.97. The first-order chi connectivity index (χ1) is 13.1. The average Bonchev–Trinajstić information content (AvgIpc) is 3.12. The van der Waals surface area contributed by atoms with Gasteiger partial charge < -0.3 is 4.90 Å². The number of carbonyl (C=O) groups is 1. The van der Waals surface area contributed by atoms with Crippen molar-refractivity contribution in [3.8, 4) is 11.3 Å². The molecule has 3 heterocycles. The lowest BCUT2D eigenvalue weighted by molar-refractivity contribution is 0.0316. The highest BCUT2D eigenvalue weighted by Crippen LogP contribution is 2.22. The Morgan fingerprint density at radius 2 is 2.07 bits per heavy atom. The number of nitrogens with zero attached hydrogens (tertiary/aromatic N) is 4. The van der Waals surface area contributed by atoms with Crippen molar-refractivity contribution in [3.63, 3.8) is 0 Å². The van der Waals surface area contributed by atoms with Gasteiger partial charge in [0, 0.05) is 43.6 Å². The molecular formula is C20H20FN5O. The highest BCUT2D eigenvalue weighted by atomic mass is 19.1. The van der Waals surface area contributed by atoms with Crippen LogP contribution in [-0.2, 0) is 6.54 Å². The van der Waals surface area contributed by atoms with Crippen molar-refractivity contribution < 1.29 is 9.18 Å². The Morgan fingerprint density at radius 3 is 2.78 bits per heavy atom. The van der Waals surface area contributed by atoms with Crippen LogP contribution < -0.4 is 0 Å². The molecule has 1 fully saturated rings. The van der Waals surface area contributed by atoms with Crippen molar-refractivity contribution >= 4 is 5.91 Å². The van der Waals surface area contributed by atoms with Gasteiger partial charge in [0.05, 0.1) is 5.69 Å². The van der Waals surface area contributed by atoms with Crippen molar-refractivity contribution in [2.75, 3.05) is 20.1 Å². The SMILES string of the molecule is CN(Cc1cccnc1)C1CN(C(=O)c2cc(-c3ccc(F)cc3)n[nH]2)C1. The van der Waals surface area contributed by atoms with Gasteiger partial charge in [0.1, 0.15) is 11.5 Å². The van der Waals surface area contributed by atoms with E-state index in [1.807, 2.05) is 18.3 Å². The number of carbonyl (C=O) groups excluding carboxylic acids is 1. The zero-order valence-electron chi connectivity index (χ0n) is 15.0. The number of rotatable bonds is 5. The molecule has 1 aromatic carbocycles. The number of aromatic amines is 1. The third-order valence-electron chi connectivity index (χ3n) is 4.88. The molecule has 0 aliphatic carbocycles. The van der Waals surface area contributed by atoms with E-state index in [0.717, 1.165) is 17.7 Å². The van der Waals surface area contributed by atoms with E-state index in [1.54, 1.807) is 29.3 Å². The predicted molar refractivity (Wildman–Crippen MR) is 99.4 cm³/mol. The number of pyridine rings is 1. The molecule has 0 saturated carbocycles. The molecule has 1 N–H and O–H groups in total. The van der Waals surface area contributed by atoms with Gasteiger partial charge in [-0.2, -0.15) is 5.10 Å². The minimum atomic E-state index is -0.299. The summed E-state index contributed by atoms with van der Waals surface area (Å²) in [5.74, 6) is -0.366. The van der Waals surface area contributed by atoms with E-state index in [2.05, 4.69) is 27.1 Å². The molecule has 0 bridgehead atoms. The first-order valence-corrected chi connectivity index (χ1v) is 8.80. The van der Waals surface area contributed by atoms with Gasteiger partial charge in [-0.15, -0.1) is 0 Å². The number of likely N-dealkylation sites (N-methyl/N-ethyl adjacent to an activating group) is 1. The maximum absolute atomic E-state index is 13.0. The Morgan fingerprint density at radius 1 is 1.30 bits per heavy atom. The Balaban J connectivity index is 1.34. The van der Waals surface area contributed by atoms with E-state index in [0.29, 0.717) is 30.5 Å². The second-order valence-electron chi connectivity index (χ2n) is 6.81. The quantitative estimate of drug-likeness (QED) is 0.755. The van der Waals surface area contributed by atoms with Crippen LogP contribution in [0.1, 0.15) is 16.1 Å². The first-order valence-electron chi connectivity index (χ1n) is 8.80. The van der Waals surface area contributed by atoms with E-state index in [-0.39, 0.29) is 11.7 Å². The van der Waals surface area contributed by atoms with Gasteiger partial charge in [-0.3, -0.25) is 19.8 Å².